The summed E-state index contributed by atoms with van der Waals surface area (Å²) in [6.45, 7) is 1.06. The van der Waals surface area contributed by atoms with Gasteiger partial charge in [-0.05, 0) is 30.5 Å². The number of hydrogen-bond donors (Lipinski definition) is 3. The highest BCUT2D eigenvalue weighted by molar-refractivity contribution is 5.97. The number of benzene rings is 2. The lowest BCUT2D eigenvalue weighted by molar-refractivity contribution is -0.130. The molecule has 1 aliphatic heterocycles. The number of aromatic hydroxyl groups is 2. The van der Waals surface area contributed by atoms with Crippen molar-refractivity contribution in [3.8, 4) is 11.5 Å². The first-order chi connectivity index (χ1) is 12.5. The van der Waals surface area contributed by atoms with Crippen molar-refractivity contribution in [1.29, 1.82) is 0 Å². The minimum Gasteiger partial charge on any atom is -0.504 e. The standard InChI is InChI=1S/C20H22N2O4/c23-17-8-4-7-16(19(17)25)20(26)21-15-11-12-22(13-15)18(24)10-9-14-5-2-1-3-6-14/h1-8,15,23,25H,9-13H2,(H,21,26). The van der Waals surface area contributed by atoms with Crippen molar-refractivity contribution >= 4 is 11.8 Å². The van der Waals surface area contributed by atoms with Gasteiger partial charge >= 0.3 is 0 Å². The Morgan fingerprint density at radius 2 is 1.85 bits per heavy atom. The molecule has 26 heavy (non-hydrogen) atoms. The summed E-state index contributed by atoms with van der Waals surface area (Å²) in [4.78, 5) is 26.4. The van der Waals surface area contributed by atoms with Gasteiger partial charge in [-0.1, -0.05) is 36.4 Å². The molecule has 0 bridgehead atoms. The van der Waals surface area contributed by atoms with E-state index in [0.29, 0.717) is 32.4 Å². The number of aryl methyl sites for hydroxylation is 1. The van der Waals surface area contributed by atoms with Crippen LogP contribution < -0.4 is 5.32 Å². The van der Waals surface area contributed by atoms with Gasteiger partial charge in [0.05, 0.1) is 5.56 Å². The fourth-order valence-electron chi connectivity index (χ4n) is 3.14. The second kappa shape index (κ2) is 7.91. The number of carbonyl (C=O) groups excluding carboxylic acids is 2. The van der Waals surface area contributed by atoms with Gasteiger partial charge in [-0.2, -0.15) is 0 Å². The Labute approximate surface area is 152 Å². The number of phenolic OH excluding ortho intramolecular Hbond substituents is 2. The molecule has 2 aromatic rings. The highest BCUT2D eigenvalue weighted by Gasteiger charge is 2.28. The molecule has 1 saturated heterocycles. The zero-order valence-corrected chi connectivity index (χ0v) is 14.4. The first-order valence-corrected chi connectivity index (χ1v) is 8.68. The highest BCUT2D eigenvalue weighted by atomic mass is 16.3. The molecular formula is C20H22N2O4. The van der Waals surface area contributed by atoms with Crippen LogP contribution in [0.5, 0.6) is 11.5 Å². The van der Waals surface area contributed by atoms with Crippen LogP contribution in [0.4, 0.5) is 0 Å². The van der Waals surface area contributed by atoms with Crippen LogP contribution in [0.2, 0.25) is 0 Å². The molecule has 0 radical (unpaired) electrons. The van der Waals surface area contributed by atoms with Crippen molar-refractivity contribution in [3.63, 3.8) is 0 Å². The summed E-state index contributed by atoms with van der Waals surface area (Å²) < 4.78 is 0. The smallest absolute Gasteiger partial charge is 0.255 e. The number of rotatable bonds is 5. The minimum atomic E-state index is -0.456. The maximum absolute atomic E-state index is 12.4. The highest BCUT2D eigenvalue weighted by Crippen LogP contribution is 2.28. The van der Waals surface area contributed by atoms with Crippen LogP contribution in [-0.4, -0.2) is 46.1 Å². The lowest BCUT2D eigenvalue weighted by atomic mass is 10.1. The molecule has 0 aliphatic carbocycles. The number of phenols is 2. The van der Waals surface area contributed by atoms with Gasteiger partial charge in [0.2, 0.25) is 5.91 Å². The number of carbonyl (C=O) groups is 2. The molecule has 1 heterocycles. The van der Waals surface area contributed by atoms with Crippen LogP contribution in [0.15, 0.2) is 48.5 Å². The monoisotopic (exact) mass is 354 g/mol. The zero-order chi connectivity index (χ0) is 18.5. The van der Waals surface area contributed by atoms with E-state index in [9.17, 15) is 19.8 Å². The Hall–Kier alpha value is -3.02. The SMILES string of the molecule is O=C(NC1CCN(C(=O)CCc2ccccc2)C1)c1cccc(O)c1O. The molecule has 6 nitrogen and oxygen atoms in total. The Balaban J connectivity index is 1.51. The van der Waals surface area contributed by atoms with Gasteiger partial charge in [-0.25, -0.2) is 0 Å². The van der Waals surface area contributed by atoms with Gasteiger partial charge in [0, 0.05) is 25.6 Å². The van der Waals surface area contributed by atoms with Crippen molar-refractivity contribution in [1.82, 2.24) is 10.2 Å². The van der Waals surface area contributed by atoms with E-state index in [1.165, 1.54) is 18.2 Å². The molecule has 136 valence electrons. The van der Waals surface area contributed by atoms with Gasteiger partial charge in [0.15, 0.2) is 11.5 Å². The zero-order valence-electron chi connectivity index (χ0n) is 14.4. The molecule has 3 rings (SSSR count). The van der Waals surface area contributed by atoms with Crippen molar-refractivity contribution in [2.45, 2.75) is 25.3 Å². The van der Waals surface area contributed by atoms with Crippen LogP contribution in [0, 0.1) is 0 Å². The first-order valence-electron chi connectivity index (χ1n) is 8.68. The Morgan fingerprint density at radius 1 is 1.08 bits per heavy atom. The van der Waals surface area contributed by atoms with E-state index in [1.807, 2.05) is 30.3 Å². The van der Waals surface area contributed by atoms with Crippen LogP contribution in [0.3, 0.4) is 0 Å². The number of likely N-dealkylation sites (tertiary alicyclic amines) is 1. The molecule has 1 aliphatic rings. The molecule has 2 amide bonds. The van der Waals surface area contributed by atoms with Crippen LogP contribution in [0.1, 0.15) is 28.8 Å². The molecule has 0 aromatic heterocycles. The lowest BCUT2D eigenvalue weighted by Gasteiger charge is -2.17. The van der Waals surface area contributed by atoms with Gasteiger partial charge < -0.3 is 20.4 Å². The van der Waals surface area contributed by atoms with Crippen LogP contribution in [0.25, 0.3) is 0 Å². The maximum atomic E-state index is 12.4. The summed E-state index contributed by atoms with van der Waals surface area (Å²) in [5, 5.41) is 22.1. The Morgan fingerprint density at radius 3 is 2.62 bits per heavy atom. The maximum Gasteiger partial charge on any atom is 0.255 e. The van der Waals surface area contributed by atoms with E-state index in [4.69, 9.17) is 0 Å². The third-order valence-electron chi connectivity index (χ3n) is 4.61. The van der Waals surface area contributed by atoms with Crippen LogP contribution >= 0.6 is 0 Å². The van der Waals surface area contributed by atoms with Crippen molar-refractivity contribution < 1.29 is 19.8 Å². The van der Waals surface area contributed by atoms with E-state index in [0.717, 1.165) is 5.56 Å². The number of hydrogen-bond acceptors (Lipinski definition) is 4. The van der Waals surface area contributed by atoms with Gasteiger partial charge in [0.1, 0.15) is 0 Å². The predicted octanol–water partition coefficient (Wildman–Crippen LogP) is 2.06. The summed E-state index contributed by atoms with van der Waals surface area (Å²) in [5.74, 6) is -1.15. The summed E-state index contributed by atoms with van der Waals surface area (Å²) in [7, 11) is 0. The number of nitrogens with one attached hydrogen (secondary N) is 1. The van der Waals surface area contributed by atoms with Crippen molar-refractivity contribution in [2.75, 3.05) is 13.1 Å². The average molecular weight is 354 g/mol. The van der Waals surface area contributed by atoms with Gasteiger partial charge in [0.25, 0.3) is 5.91 Å². The minimum absolute atomic E-state index is 0.0267. The molecule has 0 saturated carbocycles. The van der Waals surface area contributed by atoms with E-state index in [2.05, 4.69) is 5.32 Å². The predicted molar refractivity (Wildman–Crippen MR) is 97.0 cm³/mol. The second-order valence-corrected chi connectivity index (χ2v) is 6.46. The summed E-state index contributed by atoms with van der Waals surface area (Å²) in [6, 6.07) is 14.0. The van der Waals surface area contributed by atoms with E-state index in [-0.39, 0.29) is 23.3 Å². The van der Waals surface area contributed by atoms with Crippen molar-refractivity contribution in [2.24, 2.45) is 0 Å². The van der Waals surface area contributed by atoms with E-state index < -0.39 is 11.7 Å². The third kappa shape index (κ3) is 4.14. The fraction of sp³-hybridized carbons (Fsp3) is 0.300. The lowest BCUT2D eigenvalue weighted by Crippen LogP contribution is -2.38. The molecule has 0 spiro atoms. The summed E-state index contributed by atoms with van der Waals surface area (Å²) in [6.07, 6.45) is 1.81. The van der Waals surface area contributed by atoms with Gasteiger partial charge in [-0.3, -0.25) is 9.59 Å². The molecule has 1 atom stereocenters. The average Bonchev–Trinajstić information content (AvgIpc) is 3.11. The fourth-order valence-corrected chi connectivity index (χ4v) is 3.14. The Kier molecular flexibility index (Phi) is 5.41. The molecule has 3 N–H and O–H groups in total. The molecule has 2 aromatic carbocycles. The summed E-state index contributed by atoms with van der Waals surface area (Å²) in [5.41, 5.74) is 1.16. The number of para-hydroxylation sites is 1. The van der Waals surface area contributed by atoms with Gasteiger partial charge in [-0.15, -0.1) is 0 Å². The molecular weight excluding hydrogens is 332 g/mol. The first kappa shape index (κ1) is 17.8. The number of nitrogens with zero attached hydrogens (tertiary/aromatic N) is 1. The normalized spacial score (nSPS) is 16.5. The Bertz CT molecular complexity index is 792. The number of amides is 2. The molecule has 1 fully saturated rings. The topological polar surface area (TPSA) is 89.9 Å². The quantitative estimate of drug-likeness (QED) is 0.717. The molecule has 6 heteroatoms. The largest absolute Gasteiger partial charge is 0.504 e. The summed E-state index contributed by atoms with van der Waals surface area (Å²) >= 11 is 0. The van der Waals surface area contributed by atoms with E-state index >= 15 is 0 Å². The van der Waals surface area contributed by atoms with Crippen LogP contribution in [-0.2, 0) is 11.2 Å². The molecule has 1 unspecified atom stereocenters. The third-order valence-corrected chi connectivity index (χ3v) is 4.61. The van der Waals surface area contributed by atoms with Crippen molar-refractivity contribution in [3.05, 3.63) is 59.7 Å². The second-order valence-electron chi connectivity index (χ2n) is 6.46. The van der Waals surface area contributed by atoms with E-state index in [1.54, 1.807) is 4.90 Å².